The van der Waals surface area contributed by atoms with Crippen molar-refractivity contribution in [3.63, 3.8) is 0 Å². The van der Waals surface area contributed by atoms with Gasteiger partial charge >= 0.3 is 0 Å². The molecule has 7 heavy (non-hydrogen) atoms. The van der Waals surface area contributed by atoms with Crippen molar-refractivity contribution in [2.24, 2.45) is 4.99 Å². The number of aliphatic imine (C=N–C) groups is 1. The zero-order valence-corrected chi connectivity index (χ0v) is 3.92. The minimum absolute atomic E-state index is 0.615. The zero-order valence-electron chi connectivity index (χ0n) is 3.92. The molecular weight excluding hydrogens is 90.1 g/mol. The van der Waals surface area contributed by atoms with Crippen LogP contribution in [0.4, 0.5) is 0 Å². The van der Waals surface area contributed by atoms with Gasteiger partial charge in [-0.25, -0.2) is 4.99 Å². The molecule has 1 aliphatic rings. The molecule has 1 radical (unpaired) electrons. The van der Waals surface area contributed by atoms with Crippen LogP contribution >= 0.6 is 0 Å². The molecule has 0 aromatic rings. The van der Waals surface area contributed by atoms with Gasteiger partial charge in [0.25, 0.3) is 6.40 Å². The minimum atomic E-state index is 0.615. The van der Waals surface area contributed by atoms with E-state index in [1.54, 1.807) is 0 Å². The largest absolute Gasteiger partial charge is 0.470 e. The summed E-state index contributed by atoms with van der Waals surface area (Å²) < 4.78 is 4.69. The monoisotopic (exact) mass is 96.0 g/mol. The van der Waals surface area contributed by atoms with Gasteiger partial charge in [0, 0.05) is 0 Å². The van der Waals surface area contributed by atoms with Gasteiger partial charge in [-0.2, -0.15) is 0 Å². The fourth-order valence-corrected chi connectivity index (χ4v) is 0.364. The first-order chi connectivity index (χ1) is 3.50. The van der Waals surface area contributed by atoms with Crippen LogP contribution in [-0.2, 0) is 4.74 Å². The van der Waals surface area contributed by atoms with Crippen LogP contribution in [0.3, 0.4) is 0 Å². The Balaban J connectivity index is 2.38. The van der Waals surface area contributed by atoms with Crippen LogP contribution in [0.25, 0.3) is 0 Å². The predicted octanol–water partition coefficient (Wildman–Crippen LogP) is 0.478. The van der Waals surface area contributed by atoms with Gasteiger partial charge in [0.2, 0.25) is 0 Å². The molecule has 0 aromatic carbocycles. The SMILES string of the molecule is [C]1=NCC=CCO1. The Morgan fingerprint density at radius 3 is 3.57 bits per heavy atom. The fraction of sp³-hybridized carbons (Fsp3) is 0.400. The quantitative estimate of drug-likeness (QED) is 0.402. The second-order valence-electron chi connectivity index (χ2n) is 1.21. The first-order valence-electron chi connectivity index (χ1n) is 2.18. The molecule has 0 atom stereocenters. The van der Waals surface area contributed by atoms with Crippen LogP contribution in [0, 0.1) is 0 Å². The number of hydrogen-bond donors (Lipinski definition) is 0. The lowest BCUT2D eigenvalue weighted by molar-refractivity contribution is 0.369. The summed E-state index contributed by atoms with van der Waals surface area (Å²) in [5.41, 5.74) is 0. The minimum Gasteiger partial charge on any atom is -0.470 e. The summed E-state index contributed by atoms with van der Waals surface area (Å²) in [6, 6.07) is 0. The molecule has 0 aliphatic carbocycles. The fourth-order valence-electron chi connectivity index (χ4n) is 0.364. The summed E-state index contributed by atoms with van der Waals surface area (Å²) >= 11 is 0. The molecule has 0 N–H and O–H groups in total. The first kappa shape index (κ1) is 4.37. The van der Waals surface area contributed by atoms with Gasteiger partial charge in [-0.15, -0.1) is 0 Å². The average Bonchev–Trinajstić information content (AvgIpc) is 1.90. The highest BCUT2D eigenvalue weighted by molar-refractivity contribution is 5.47. The third kappa shape index (κ3) is 1.39. The van der Waals surface area contributed by atoms with E-state index < -0.39 is 0 Å². The third-order valence-corrected chi connectivity index (χ3v) is 0.672. The van der Waals surface area contributed by atoms with Crippen LogP contribution in [0.2, 0.25) is 0 Å². The summed E-state index contributed by atoms with van der Waals surface area (Å²) in [5.74, 6) is 0. The normalized spacial score (nSPS) is 18.3. The molecule has 0 saturated heterocycles. The number of hydrogen-bond acceptors (Lipinski definition) is 2. The maximum Gasteiger partial charge on any atom is 0.273 e. The maximum absolute atomic E-state index is 4.69. The average molecular weight is 96.1 g/mol. The van der Waals surface area contributed by atoms with Crippen LogP contribution in [0.5, 0.6) is 0 Å². The molecule has 37 valence electrons. The Labute approximate surface area is 42.5 Å². The molecule has 0 spiro atoms. The number of nitrogens with zero attached hydrogens (tertiary/aromatic N) is 1. The van der Waals surface area contributed by atoms with Gasteiger partial charge in [-0.1, -0.05) is 6.08 Å². The van der Waals surface area contributed by atoms with E-state index >= 15 is 0 Å². The number of ether oxygens (including phenoxy) is 1. The Morgan fingerprint density at radius 1 is 1.57 bits per heavy atom. The van der Waals surface area contributed by atoms with E-state index in [1.165, 1.54) is 0 Å². The Morgan fingerprint density at radius 2 is 2.57 bits per heavy atom. The Hall–Kier alpha value is -0.790. The van der Waals surface area contributed by atoms with E-state index in [0.29, 0.717) is 13.2 Å². The van der Waals surface area contributed by atoms with E-state index in [9.17, 15) is 0 Å². The number of rotatable bonds is 0. The van der Waals surface area contributed by atoms with Crippen molar-refractivity contribution >= 4 is 6.40 Å². The molecule has 1 rings (SSSR count). The van der Waals surface area contributed by atoms with Crippen LogP contribution in [0.1, 0.15) is 0 Å². The molecule has 0 amide bonds. The molecule has 2 heteroatoms. The van der Waals surface area contributed by atoms with Crippen molar-refractivity contribution in [3.05, 3.63) is 12.2 Å². The Kier molecular flexibility index (Phi) is 1.50. The van der Waals surface area contributed by atoms with Crippen molar-refractivity contribution < 1.29 is 4.74 Å². The smallest absolute Gasteiger partial charge is 0.273 e. The first-order valence-corrected chi connectivity index (χ1v) is 2.18. The maximum atomic E-state index is 4.69. The molecule has 0 unspecified atom stereocenters. The van der Waals surface area contributed by atoms with Gasteiger partial charge < -0.3 is 4.74 Å². The van der Waals surface area contributed by atoms with Crippen molar-refractivity contribution in [1.82, 2.24) is 0 Å². The zero-order chi connectivity index (χ0) is 4.95. The molecule has 0 fully saturated rings. The summed E-state index contributed by atoms with van der Waals surface area (Å²) in [5, 5.41) is 0. The van der Waals surface area contributed by atoms with Gasteiger partial charge in [0.15, 0.2) is 0 Å². The topological polar surface area (TPSA) is 21.6 Å². The molecule has 0 bridgehead atoms. The molecular formula is C5H6NO. The highest BCUT2D eigenvalue weighted by Gasteiger charge is 1.80. The van der Waals surface area contributed by atoms with E-state index in [0.717, 1.165) is 0 Å². The van der Waals surface area contributed by atoms with Gasteiger partial charge in [0.05, 0.1) is 6.54 Å². The Bertz CT molecular complexity index is 84.3. The van der Waals surface area contributed by atoms with Crippen molar-refractivity contribution in [3.8, 4) is 0 Å². The van der Waals surface area contributed by atoms with Gasteiger partial charge in [0.1, 0.15) is 6.61 Å². The van der Waals surface area contributed by atoms with Crippen molar-refractivity contribution in [2.45, 2.75) is 0 Å². The molecule has 0 saturated carbocycles. The molecule has 2 nitrogen and oxygen atoms in total. The summed E-state index contributed by atoms with van der Waals surface area (Å²) in [6.45, 7) is 1.32. The third-order valence-electron chi connectivity index (χ3n) is 0.672. The second kappa shape index (κ2) is 2.39. The van der Waals surface area contributed by atoms with Gasteiger partial charge in [-0.05, 0) is 6.08 Å². The van der Waals surface area contributed by atoms with Gasteiger partial charge in [-0.3, -0.25) is 0 Å². The standard InChI is InChI=1S/C5H6NO/c1-2-4-7-5-6-3-1/h1-2H,3-4H2. The van der Waals surface area contributed by atoms with Crippen molar-refractivity contribution in [1.29, 1.82) is 0 Å². The van der Waals surface area contributed by atoms with Crippen LogP contribution < -0.4 is 0 Å². The predicted molar refractivity (Wildman–Crippen MR) is 27.4 cm³/mol. The van der Waals surface area contributed by atoms with Crippen molar-refractivity contribution in [2.75, 3.05) is 13.2 Å². The summed E-state index contributed by atoms with van der Waals surface area (Å²) in [4.78, 5) is 3.71. The molecule has 1 aliphatic heterocycles. The van der Waals surface area contributed by atoms with E-state index in [1.807, 2.05) is 12.2 Å². The highest BCUT2D eigenvalue weighted by atomic mass is 16.5. The summed E-state index contributed by atoms with van der Waals surface area (Å²) in [7, 11) is 0. The molecule has 1 heterocycles. The highest BCUT2D eigenvalue weighted by Crippen LogP contribution is 1.81. The lowest BCUT2D eigenvalue weighted by Crippen LogP contribution is -1.82. The second-order valence-corrected chi connectivity index (χ2v) is 1.21. The lowest BCUT2D eigenvalue weighted by atomic mass is 10.5. The van der Waals surface area contributed by atoms with E-state index in [-0.39, 0.29) is 0 Å². The van der Waals surface area contributed by atoms with Crippen LogP contribution in [0.15, 0.2) is 17.1 Å². The van der Waals surface area contributed by atoms with E-state index in [4.69, 9.17) is 4.74 Å². The lowest BCUT2D eigenvalue weighted by Gasteiger charge is -1.82. The van der Waals surface area contributed by atoms with Crippen LogP contribution in [-0.4, -0.2) is 19.6 Å². The molecule has 0 aromatic heterocycles. The summed E-state index contributed by atoms with van der Waals surface area (Å²) in [6.07, 6.45) is 6.27. The van der Waals surface area contributed by atoms with E-state index in [2.05, 4.69) is 11.4 Å².